The zero-order valence-corrected chi connectivity index (χ0v) is 17.6. The lowest BCUT2D eigenvalue weighted by atomic mass is 10.0. The number of carbonyl (C=O) groups is 1. The van der Waals surface area contributed by atoms with Crippen molar-refractivity contribution in [1.82, 2.24) is 14.5 Å². The normalized spacial score (nSPS) is 16.0. The topological polar surface area (TPSA) is 67.3 Å². The maximum Gasteiger partial charge on any atom is 0.262 e. The minimum absolute atomic E-state index is 0.00221. The molecule has 0 radical (unpaired) electrons. The van der Waals surface area contributed by atoms with Crippen molar-refractivity contribution in [3.05, 3.63) is 81.4 Å². The van der Waals surface area contributed by atoms with Crippen molar-refractivity contribution in [3.8, 4) is 5.75 Å². The van der Waals surface area contributed by atoms with Gasteiger partial charge in [-0.25, -0.2) is 0 Å². The van der Waals surface area contributed by atoms with E-state index in [9.17, 15) is 9.59 Å². The quantitative estimate of drug-likeness (QED) is 0.495. The molecule has 1 unspecified atom stereocenters. The first-order chi connectivity index (χ1) is 14.5. The van der Waals surface area contributed by atoms with E-state index < -0.39 is 0 Å². The third-order valence-electron chi connectivity index (χ3n) is 5.53. The van der Waals surface area contributed by atoms with Crippen molar-refractivity contribution in [2.24, 2.45) is 0 Å². The number of nitrogens with one attached hydrogen (secondary N) is 1. The van der Waals surface area contributed by atoms with Crippen molar-refractivity contribution >= 4 is 29.0 Å². The summed E-state index contributed by atoms with van der Waals surface area (Å²) in [5, 5.41) is 0.493. The third kappa shape index (κ3) is 3.57. The van der Waals surface area contributed by atoms with E-state index in [4.69, 9.17) is 17.0 Å². The molecule has 1 aromatic heterocycles. The molecule has 1 aliphatic heterocycles. The molecule has 1 fully saturated rings. The highest BCUT2D eigenvalue weighted by Crippen LogP contribution is 2.34. The standard InChI is InChI=1S/C23H23N3O3S/c1-3-11-26-22(28)18-10-9-16(14-19(18)24-23(26)30)21(27)25-12-5-8-20(25)15-6-4-7-17(13-15)29-2/h3-4,6-7,9-10,13-14,20H,1,5,8,11-12H2,2H3,(H,24,30). The molecule has 3 aromatic rings. The maximum atomic E-state index is 13.3. The summed E-state index contributed by atoms with van der Waals surface area (Å²) in [5.74, 6) is 0.720. The van der Waals surface area contributed by atoms with Gasteiger partial charge in [0.25, 0.3) is 11.5 Å². The Morgan fingerprint density at radius 1 is 1.33 bits per heavy atom. The number of methoxy groups -OCH3 is 1. The number of hydrogen-bond donors (Lipinski definition) is 1. The van der Waals surface area contributed by atoms with Crippen LogP contribution in [0.15, 0.2) is 59.9 Å². The number of ether oxygens (including phenoxy) is 1. The van der Waals surface area contributed by atoms with Crippen LogP contribution in [0.3, 0.4) is 0 Å². The molecule has 2 aromatic carbocycles. The molecule has 0 spiro atoms. The van der Waals surface area contributed by atoms with Crippen LogP contribution in [0.1, 0.15) is 34.8 Å². The maximum absolute atomic E-state index is 13.3. The molecule has 2 heterocycles. The van der Waals surface area contributed by atoms with Gasteiger partial charge in [0, 0.05) is 18.7 Å². The van der Waals surface area contributed by atoms with Crippen molar-refractivity contribution in [2.45, 2.75) is 25.4 Å². The zero-order valence-electron chi connectivity index (χ0n) is 16.8. The van der Waals surface area contributed by atoms with Crippen LogP contribution >= 0.6 is 12.2 Å². The molecular formula is C23H23N3O3S. The molecule has 1 N–H and O–H groups in total. The fourth-order valence-electron chi connectivity index (χ4n) is 4.05. The molecule has 1 saturated heterocycles. The average Bonchev–Trinajstić information content (AvgIpc) is 3.25. The minimum atomic E-state index is -0.192. The van der Waals surface area contributed by atoms with E-state index in [0.717, 1.165) is 24.2 Å². The Morgan fingerprint density at radius 3 is 2.93 bits per heavy atom. The zero-order chi connectivity index (χ0) is 21.3. The first-order valence-corrected chi connectivity index (χ1v) is 10.3. The van der Waals surface area contributed by atoms with E-state index in [-0.39, 0.29) is 17.5 Å². The first-order valence-electron chi connectivity index (χ1n) is 9.86. The molecule has 4 rings (SSSR count). The van der Waals surface area contributed by atoms with Gasteiger partial charge in [-0.3, -0.25) is 14.2 Å². The van der Waals surface area contributed by atoms with Crippen molar-refractivity contribution in [1.29, 1.82) is 0 Å². The van der Waals surface area contributed by atoms with Crippen molar-refractivity contribution < 1.29 is 9.53 Å². The van der Waals surface area contributed by atoms with E-state index in [1.807, 2.05) is 29.2 Å². The van der Waals surface area contributed by atoms with Gasteiger partial charge in [-0.2, -0.15) is 0 Å². The molecule has 1 aliphatic rings. The van der Waals surface area contributed by atoms with E-state index in [1.54, 1.807) is 31.4 Å². The fourth-order valence-corrected chi connectivity index (χ4v) is 4.32. The molecule has 0 aliphatic carbocycles. The van der Waals surface area contributed by atoms with E-state index in [1.165, 1.54) is 4.57 Å². The number of hydrogen-bond acceptors (Lipinski definition) is 4. The Balaban J connectivity index is 1.70. The van der Waals surface area contributed by atoms with Crippen LogP contribution in [0.25, 0.3) is 10.9 Å². The van der Waals surface area contributed by atoms with Gasteiger partial charge in [0.05, 0.1) is 24.1 Å². The lowest BCUT2D eigenvalue weighted by Crippen LogP contribution is -2.30. The van der Waals surface area contributed by atoms with Gasteiger partial charge in [-0.05, 0) is 61.0 Å². The molecule has 6 nitrogen and oxygen atoms in total. The van der Waals surface area contributed by atoms with Crippen LogP contribution in [0, 0.1) is 4.77 Å². The van der Waals surface area contributed by atoms with Gasteiger partial charge < -0.3 is 14.6 Å². The highest BCUT2D eigenvalue weighted by Gasteiger charge is 2.31. The second-order valence-corrected chi connectivity index (χ2v) is 7.71. The molecule has 154 valence electrons. The summed E-state index contributed by atoms with van der Waals surface area (Å²) in [6, 6.07) is 13.0. The molecule has 0 saturated carbocycles. The third-order valence-corrected chi connectivity index (χ3v) is 5.86. The summed E-state index contributed by atoms with van der Waals surface area (Å²) in [7, 11) is 1.64. The van der Waals surface area contributed by atoms with Crippen LogP contribution in [0.4, 0.5) is 0 Å². The number of carbonyl (C=O) groups excluding carboxylic acids is 1. The Kier molecular flexibility index (Phi) is 5.55. The molecular weight excluding hydrogens is 398 g/mol. The van der Waals surface area contributed by atoms with Crippen LogP contribution in [-0.2, 0) is 6.54 Å². The summed E-state index contributed by atoms with van der Waals surface area (Å²) in [6.07, 6.45) is 3.47. The highest BCUT2D eigenvalue weighted by atomic mass is 32.1. The van der Waals surface area contributed by atoms with Crippen LogP contribution < -0.4 is 10.3 Å². The number of H-pyrrole nitrogens is 1. The fraction of sp³-hybridized carbons (Fsp3) is 0.261. The number of benzene rings is 2. The van der Waals surface area contributed by atoms with Crippen LogP contribution in [0.5, 0.6) is 5.75 Å². The minimum Gasteiger partial charge on any atom is -0.497 e. The number of amides is 1. The molecule has 7 heteroatoms. The number of aromatic nitrogens is 2. The van der Waals surface area contributed by atoms with Crippen LogP contribution in [-0.4, -0.2) is 34.0 Å². The van der Waals surface area contributed by atoms with Gasteiger partial charge in [0.15, 0.2) is 4.77 Å². The number of aromatic amines is 1. The van der Waals surface area contributed by atoms with E-state index in [2.05, 4.69) is 11.6 Å². The van der Waals surface area contributed by atoms with Gasteiger partial charge in [-0.1, -0.05) is 18.2 Å². The summed E-state index contributed by atoms with van der Waals surface area (Å²) in [4.78, 5) is 31.0. The molecule has 30 heavy (non-hydrogen) atoms. The molecule has 1 atom stereocenters. The second-order valence-electron chi connectivity index (χ2n) is 7.33. The van der Waals surface area contributed by atoms with Crippen molar-refractivity contribution in [3.63, 3.8) is 0 Å². The van der Waals surface area contributed by atoms with E-state index in [0.29, 0.717) is 34.3 Å². The summed E-state index contributed by atoms with van der Waals surface area (Å²) < 4.78 is 7.10. The number of fused-ring (bicyclic) bond motifs is 1. The van der Waals surface area contributed by atoms with Gasteiger partial charge in [0.2, 0.25) is 0 Å². The number of allylic oxidation sites excluding steroid dienone is 1. The molecule has 0 bridgehead atoms. The molecule has 1 amide bonds. The first kappa shape index (κ1) is 20.1. The van der Waals surface area contributed by atoms with E-state index >= 15 is 0 Å². The van der Waals surface area contributed by atoms with Crippen molar-refractivity contribution in [2.75, 3.05) is 13.7 Å². The summed E-state index contributed by atoms with van der Waals surface area (Å²) in [5.41, 5.74) is 1.97. The highest BCUT2D eigenvalue weighted by molar-refractivity contribution is 7.71. The van der Waals surface area contributed by atoms with Crippen LogP contribution in [0.2, 0.25) is 0 Å². The lowest BCUT2D eigenvalue weighted by Gasteiger charge is -2.25. The SMILES string of the molecule is C=CCn1c(=S)[nH]c2cc(C(=O)N3CCCC3c3cccc(OC)c3)ccc2c1=O. The predicted octanol–water partition coefficient (Wildman–Crippen LogP) is 4.23. The van der Waals surface area contributed by atoms with Gasteiger partial charge in [-0.15, -0.1) is 6.58 Å². The number of nitrogens with zero attached hydrogens (tertiary/aromatic N) is 2. The smallest absolute Gasteiger partial charge is 0.262 e. The Bertz CT molecular complexity index is 1240. The number of rotatable bonds is 5. The lowest BCUT2D eigenvalue weighted by molar-refractivity contribution is 0.0735. The Morgan fingerprint density at radius 2 is 2.17 bits per heavy atom. The monoisotopic (exact) mass is 421 g/mol. The number of likely N-dealkylation sites (tertiary alicyclic amines) is 1. The average molecular weight is 422 g/mol. The van der Waals surface area contributed by atoms with Gasteiger partial charge in [0.1, 0.15) is 5.75 Å². The summed E-state index contributed by atoms with van der Waals surface area (Å²) >= 11 is 5.31. The van der Waals surface area contributed by atoms with Gasteiger partial charge >= 0.3 is 0 Å². The predicted molar refractivity (Wildman–Crippen MR) is 120 cm³/mol. The largest absolute Gasteiger partial charge is 0.497 e. The Hall–Kier alpha value is -3.19. The Labute approximate surface area is 179 Å². The summed E-state index contributed by atoms with van der Waals surface area (Å²) in [6.45, 7) is 4.69. The second kappa shape index (κ2) is 8.28.